The first-order valence-corrected chi connectivity index (χ1v) is 11.2. The molecule has 4 heteroatoms. The van der Waals surface area contributed by atoms with Gasteiger partial charge in [-0.05, 0) is 98.6 Å². The highest BCUT2D eigenvalue weighted by atomic mass is 16.3. The van der Waals surface area contributed by atoms with E-state index in [9.17, 15) is 19.8 Å². The summed E-state index contributed by atoms with van der Waals surface area (Å²) in [6.07, 6.45) is 14.4. The van der Waals surface area contributed by atoms with Crippen molar-refractivity contribution in [1.29, 1.82) is 0 Å². The van der Waals surface area contributed by atoms with Crippen LogP contribution in [0.1, 0.15) is 86.5 Å². The van der Waals surface area contributed by atoms with E-state index in [4.69, 9.17) is 0 Å². The van der Waals surface area contributed by atoms with Gasteiger partial charge in [0.15, 0.2) is 11.6 Å². The molecule has 1 unspecified atom stereocenters. The smallest absolute Gasteiger partial charge is 0.182 e. The number of hydrogen-bond donors (Lipinski definition) is 2. The number of aliphatic hydroxyl groups is 2. The van der Waals surface area contributed by atoms with Crippen LogP contribution in [0.15, 0.2) is 58.2 Å². The van der Waals surface area contributed by atoms with Crippen LogP contribution in [0, 0.1) is 0 Å². The molecule has 1 atom stereocenters. The normalized spacial score (nSPS) is 17.6. The lowest BCUT2D eigenvalue weighted by molar-refractivity contribution is -0.115. The Labute approximate surface area is 188 Å². The predicted molar refractivity (Wildman–Crippen MR) is 128 cm³/mol. The third kappa shape index (κ3) is 10.7. The first-order valence-electron chi connectivity index (χ1n) is 11.2. The van der Waals surface area contributed by atoms with Crippen LogP contribution in [0.2, 0.25) is 0 Å². The lowest BCUT2D eigenvalue weighted by atomic mass is 9.95. The maximum Gasteiger partial charge on any atom is 0.182 e. The Balaban J connectivity index is 2.36. The first-order chi connectivity index (χ1) is 14.4. The molecule has 1 aliphatic carbocycles. The molecule has 172 valence electrons. The zero-order chi connectivity index (χ0) is 23.6. The second-order valence-corrected chi connectivity index (χ2v) is 9.37. The molecule has 2 N–H and O–H groups in total. The number of allylic oxidation sites excluding steroid dienone is 10. The summed E-state index contributed by atoms with van der Waals surface area (Å²) in [5, 5.41) is 19.7. The predicted octanol–water partition coefficient (Wildman–Crippen LogP) is 5.71. The fraction of sp³-hybridized carbons (Fsp3) is 0.556. The highest BCUT2D eigenvalue weighted by Crippen LogP contribution is 2.19. The molecule has 0 spiro atoms. The van der Waals surface area contributed by atoms with E-state index < -0.39 is 11.7 Å². The van der Waals surface area contributed by atoms with Gasteiger partial charge < -0.3 is 10.2 Å². The van der Waals surface area contributed by atoms with Crippen molar-refractivity contribution in [2.45, 2.75) is 98.2 Å². The molecule has 0 saturated heterocycles. The third-order valence-electron chi connectivity index (χ3n) is 5.72. The van der Waals surface area contributed by atoms with E-state index in [1.807, 2.05) is 6.08 Å². The molecule has 0 saturated carbocycles. The molecular weight excluding hydrogens is 388 g/mol. The quantitative estimate of drug-likeness (QED) is 0.308. The molecule has 0 aromatic carbocycles. The maximum absolute atomic E-state index is 12.0. The van der Waals surface area contributed by atoms with Gasteiger partial charge in [-0.1, -0.05) is 34.9 Å². The molecule has 0 bridgehead atoms. The van der Waals surface area contributed by atoms with Crippen molar-refractivity contribution in [2.75, 3.05) is 0 Å². The van der Waals surface area contributed by atoms with Crippen molar-refractivity contribution in [3.8, 4) is 0 Å². The summed E-state index contributed by atoms with van der Waals surface area (Å²) in [5.74, 6) is -0.133. The van der Waals surface area contributed by atoms with E-state index in [2.05, 4.69) is 32.9 Å². The topological polar surface area (TPSA) is 74.6 Å². The number of ketones is 2. The molecule has 0 aromatic heterocycles. The molecule has 1 rings (SSSR count). The summed E-state index contributed by atoms with van der Waals surface area (Å²) in [6, 6.07) is 0. The van der Waals surface area contributed by atoms with Gasteiger partial charge in [0.05, 0.1) is 11.7 Å². The van der Waals surface area contributed by atoms with Gasteiger partial charge in [-0.25, -0.2) is 0 Å². The zero-order valence-corrected chi connectivity index (χ0v) is 20.1. The number of rotatable bonds is 12. The van der Waals surface area contributed by atoms with Crippen molar-refractivity contribution >= 4 is 11.6 Å². The Morgan fingerprint density at radius 3 is 1.97 bits per heavy atom. The summed E-state index contributed by atoms with van der Waals surface area (Å²) in [4.78, 5) is 23.7. The molecule has 0 fully saturated rings. The highest BCUT2D eigenvalue weighted by molar-refractivity contribution is 6.19. The van der Waals surface area contributed by atoms with E-state index in [1.165, 1.54) is 28.9 Å². The number of carbonyl (C=O) groups is 2. The monoisotopic (exact) mass is 428 g/mol. The summed E-state index contributed by atoms with van der Waals surface area (Å²) >= 11 is 0. The lowest BCUT2D eigenvalue weighted by Crippen LogP contribution is -2.35. The van der Waals surface area contributed by atoms with E-state index in [0.29, 0.717) is 24.0 Å². The highest BCUT2D eigenvalue weighted by Gasteiger charge is 2.23. The summed E-state index contributed by atoms with van der Waals surface area (Å²) in [5.41, 5.74) is 3.83. The summed E-state index contributed by atoms with van der Waals surface area (Å²) in [7, 11) is 0. The van der Waals surface area contributed by atoms with Crippen LogP contribution in [0.3, 0.4) is 0 Å². The largest absolute Gasteiger partial charge is 0.390 e. The van der Waals surface area contributed by atoms with Gasteiger partial charge in [0.25, 0.3) is 0 Å². The van der Waals surface area contributed by atoms with Crippen LogP contribution in [0.4, 0.5) is 0 Å². The summed E-state index contributed by atoms with van der Waals surface area (Å²) < 4.78 is 0. The van der Waals surface area contributed by atoms with E-state index >= 15 is 0 Å². The molecule has 0 heterocycles. The van der Waals surface area contributed by atoms with Crippen LogP contribution in [0.25, 0.3) is 0 Å². The zero-order valence-electron chi connectivity index (χ0n) is 20.1. The van der Waals surface area contributed by atoms with Crippen LogP contribution < -0.4 is 0 Å². The molecule has 0 aliphatic heterocycles. The minimum atomic E-state index is -1.05. The minimum Gasteiger partial charge on any atom is -0.390 e. The minimum absolute atomic E-state index is 0.0604. The molecule has 4 nitrogen and oxygen atoms in total. The van der Waals surface area contributed by atoms with Crippen molar-refractivity contribution < 1.29 is 19.8 Å². The first kappa shape index (κ1) is 27.0. The Morgan fingerprint density at radius 1 is 0.903 bits per heavy atom. The van der Waals surface area contributed by atoms with Crippen LogP contribution >= 0.6 is 0 Å². The molecule has 0 amide bonds. The lowest BCUT2D eigenvalue weighted by Gasteiger charge is -2.24. The van der Waals surface area contributed by atoms with Gasteiger partial charge in [-0.3, -0.25) is 9.59 Å². The summed E-state index contributed by atoms with van der Waals surface area (Å²) in [6.45, 7) is 11.2. The number of hydrogen-bond acceptors (Lipinski definition) is 4. The van der Waals surface area contributed by atoms with Crippen molar-refractivity contribution in [1.82, 2.24) is 0 Å². The van der Waals surface area contributed by atoms with E-state index in [1.54, 1.807) is 20.8 Å². The van der Waals surface area contributed by atoms with Crippen LogP contribution in [0.5, 0.6) is 0 Å². The number of aliphatic hydroxyl groups excluding tert-OH is 1. The Morgan fingerprint density at radius 2 is 1.42 bits per heavy atom. The molecule has 1 aliphatic rings. The molecular formula is C27H40O4. The van der Waals surface area contributed by atoms with Gasteiger partial charge in [-0.2, -0.15) is 0 Å². The molecule has 0 aromatic rings. The Bertz CT molecular complexity index is 798. The third-order valence-corrected chi connectivity index (χ3v) is 5.72. The van der Waals surface area contributed by atoms with Gasteiger partial charge in [0.2, 0.25) is 0 Å². The van der Waals surface area contributed by atoms with Gasteiger partial charge in [0.1, 0.15) is 0 Å². The van der Waals surface area contributed by atoms with Gasteiger partial charge in [0, 0.05) is 11.1 Å². The van der Waals surface area contributed by atoms with Crippen LogP contribution in [-0.2, 0) is 9.59 Å². The Kier molecular flexibility index (Phi) is 11.1. The fourth-order valence-corrected chi connectivity index (χ4v) is 3.26. The second kappa shape index (κ2) is 12.7. The average Bonchev–Trinajstić information content (AvgIpc) is 2.67. The average molecular weight is 429 g/mol. The molecule has 0 radical (unpaired) electrons. The Hall–Kier alpha value is -2.04. The van der Waals surface area contributed by atoms with E-state index in [0.717, 1.165) is 32.1 Å². The second-order valence-electron chi connectivity index (χ2n) is 9.37. The van der Waals surface area contributed by atoms with Gasteiger partial charge >= 0.3 is 0 Å². The maximum atomic E-state index is 12.0. The van der Waals surface area contributed by atoms with Crippen LogP contribution in [-0.4, -0.2) is 33.5 Å². The SMILES string of the molecule is CC(=CCCC(C)=CCC1=CC(=O)C(C)=CC1=O)CCC=C(C)CCC(O)C(C)(C)O. The standard InChI is InChI=1S/C27H40O4/c1-19(10-8-12-21(3)14-16-26(30)27(5,6)31)9-7-11-20(2)13-15-23-18-24(28)22(4)17-25(23)29/h9,12-13,17-18,26,30-31H,7-8,10-11,14-16H2,1-6H3. The van der Waals surface area contributed by atoms with Crippen molar-refractivity contribution in [3.05, 3.63) is 58.2 Å². The van der Waals surface area contributed by atoms with Crippen molar-refractivity contribution in [3.63, 3.8) is 0 Å². The van der Waals surface area contributed by atoms with Gasteiger partial charge in [-0.15, -0.1) is 0 Å². The molecule has 31 heavy (non-hydrogen) atoms. The van der Waals surface area contributed by atoms with Crippen molar-refractivity contribution in [2.24, 2.45) is 0 Å². The fourth-order valence-electron chi connectivity index (χ4n) is 3.26. The van der Waals surface area contributed by atoms with E-state index in [-0.39, 0.29) is 11.6 Å². The number of carbonyl (C=O) groups excluding carboxylic acids is 2.